The Bertz CT molecular complexity index is 1080. The third-order valence-electron chi connectivity index (χ3n) is 4.64. The van der Waals surface area contributed by atoms with E-state index in [2.05, 4.69) is 4.99 Å². The Labute approximate surface area is 163 Å². The number of rotatable bonds is 3. The van der Waals surface area contributed by atoms with Gasteiger partial charge in [-0.1, -0.05) is 59.7 Å². The fraction of sp³-hybridized carbons (Fsp3) is 0.0833. The molecule has 1 aliphatic heterocycles. The summed E-state index contributed by atoms with van der Waals surface area (Å²) >= 11 is 0. The molecule has 1 heterocycles. The van der Waals surface area contributed by atoms with E-state index in [0.717, 1.165) is 22.3 Å². The summed E-state index contributed by atoms with van der Waals surface area (Å²) in [6.07, 6.45) is 1.78. The van der Waals surface area contributed by atoms with Gasteiger partial charge >= 0.3 is 0 Å². The summed E-state index contributed by atoms with van der Waals surface area (Å²) in [5.41, 5.74) is 4.94. The molecule has 3 nitrogen and oxygen atoms in total. The topological polar surface area (TPSA) is 32.7 Å². The predicted octanol–water partition coefficient (Wildman–Crippen LogP) is 5.28. The Hall–Kier alpha value is -3.53. The van der Waals surface area contributed by atoms with Crippen molar-refractivity contribution in [2.24, 2.45) is 4.99 Å². The van der Waals surface area contributed by atoms with Crippen LogP contribution in [0.4, 0.5) is 10.1 Å². The van der Waals surface area contributed by atoms with Crippen molar-refractivity contribution in [1.82, 2.24) is 0 Å². The molecule has 3 aromatic rings. The van der Waals surface area contributed by atoms with Gasteiger partial charge in [0.15, 0.2) is 0 Å². The number of aliphatic imine (C=N–C) groups is 1. The van der Waals surface area contributed by atoms with Crippen LogP contribution >= 0.6 is 0 Å². The molecular weight excluding hydrogens is 351 g/mol. The highest BCUT2D eigenvalue weighted by atomic mass is 19.1. The Morgan fingerprint density at radius 1 is 0.821 bits per heavy atom. The van der Waals surface area contributed by atoms with Crippen molar-refractivity contribution in [3.8, 4) is 0 Å². The van der Waals surface area contributed by atoms with Crippen LogP contribution < -0.4 is 4.90 Å². The number of nitrogens with zero attached hydrogens (tertiary/aromatic N) is 2. The van der Waals surface area contributed by atoms with Gasteiger partial charge in [0.05, 0.1) is 5.69 Å². The monoisotopic (exact) mass is 370 g/mol. The molecule has 0 aliphatic carbocycles. The smallest absolute Gasteiger partial charge is 0.266 e. The van der Waals surface area contributed by atoms with Gasteiger partial charge < -0.3 is 0 Å². The van der Waals surface area contributed by atoms with E-state index in [9.17, 15) is 9.18 Å². The Balaban J connectivity index is 1.81. The van der Waals surface area contributed by atoms with Crippen LogP contribution in [-0.2, 0) is 4.79 Å². The average Bonchev–Trinajstić information content (AvgIpc) is 3.01. The van der Waals surface area contributed by atoms with Crippen LogP contribution in [0.5, 0.6) is 0 Å². The molecule has 28 heavy (non-hydrogen) atoms. The van der Waals surface area contributed by atoms with Crippen molar-refractivity contribution < 1.29 is 9.18 Å². The summed E-state index contributed by atoms with van der Waals surface area (Å²) in [5, 5.41) is 0. The first-order chi connectivity index (χ1) is 13.5. The van der Waals surface area contributed by atoms with Crippen molar-refractivity contribution in [2.45, 2.75) is 13.8 Å². The molecule has 0 bridgehead atoms. The minimum absolute atomic E-state index is 0.234. The van der Waals surface area contributed by atoms with Crippen molar-refractivity contribution in [2.75, 3.05) is 4.90 Å². The summed E-state index contributed by atoms with van der Waals surface area (Å²) in [6.45, 7) is 4.02. The highest BCUT2D eigenvalue weighted by Gasteiger charge is 2.32. The van der Waals surface area contributed by atoms with Gasteiger partial charge in [-0.15, -0.1) is 0 Å². The van der Waals surface area contributed by atoms with Crippen LogP contribution in [0.25, 0.3) is 6.08 Å². The molecule has 0 saturated carbocycles. The molecule has 1 aliphatic rings. The Morgan fingerprint density at radius 2 is 1.39 bits per heavy atom. The van der Waals surface area contributed by atoms with Gasteiger partial charge in [0.25, 0.3) is 5.91 Å². The number of amidine groups is 1. The maximum absolute atomic E-state index is 13.4. The van der Waals surface area contributed by atoms with E-state index in [4.69, 9.17) is 0 Å². The van der Waals surface area contributed by atoms with E-state index in [1.807, 2.05) is 62.4 Å². The molecule has 1 amide bonds. The van der Waals surface area contributed by atoms with Gasteiger partial charge in [0.1, 0.15) is 17.3 Å². The van der Waals surface area contributed by atoms with Gasteiger partial charge in [-0.3, -0.25) is 9.69 Å². The van der Waals surface area contributed by atoms with Crippen LogP contribution in [-0.4, -0.2) is 11.7 Å². The number of amides is 1. The van der Waals surface area contributed by atoms with E-state index >= 15 is 0 Å². The summed E-state index contributed by atoms with van der Waals surface area (Å²) in [4.78, 5) is 19.3. The standard InChI is InChI=1S/C24H19FN2O/c1-16-3-7-18(8-4-16)15-22-24(28)27(21-13-11-20(25)12-14-21)23(26-22)19-9-5-17(2)6-10-19/h3-15H,1-2H3/b22-15+. The largest absolute Gasteiger partial charge is 0.282 e. The van der Waals surface area contributed by atoms with Crippen molar-refractivity contribution in [1.29, 1.82) is 0 Å². The minimum atomic E-state index is -0.348. The molecule has 4 rings (SSSR count). The Morgan fingerprint density at radius 3 is 2.00 bits per heavy atom. The first kappa shape index (κ1) is 17.9. The lowest BCUT2D eigenvalue weighted by atomic mass is 10.1. The second-order valence-corrected chi connectivity index (χ2v) is 6.86. The van der Waals surface area contributed by atoms with E-state index < -0.39 is 0 Å². The summed E-state index contributed by atoms with van der Waals surface area (Å²) < 4.78 is 13.4. The molecule has 138 valence electrons. The van der Waals surface area contributed by atoms with Crippen LogP contribution in [0.15, 0.2) is 83.5 Å². The molecular formula is C24H19FN2O. The molecule has 4 heteroatoms. The van der Waals surface area contributed by atoms with Gasteiger partial charge in [-0.2, -0.15) is 0 Å². The molecule has 0 fully saturated rings. The molecule has 0 saturated heterocycles. The van der Waals surface area contributed by atoms with Crippen molar-refractivity contribution in [3.63, 3.8) is 0 Å². The minimum Gasteiger partial charge on any atom is -0.266 e. The zero-order chi connectivity index (χ0) is 19.7. The summed E-state index contributed by atoms with van der Waals surface area (Å²) in [6, 6.07) is 21.6. The molecule has 0 radical (unpaired) electrons. The molecule has 0 unspecified atom stereocenters. The second-order valence-electron chi connectivity index (χ2n) is 6.86. The van der Waals surface area contributed by atoms with Crippen LogP contribution in [0.1, 0.15) is 22.3 Å². The zero-order valence-electron chi connectivity index (χ0n) is 15.7. The van der Waals surface area contributed by atoms with Crippen LogP contribution in [0, 0.1) is 19.7 Å². The number of hydrogen-bond acceptors (Lipinski definition) is 2. The number of hydrogen-bond donors (Lipinski definition) is 0. The third kappa shape index (κ3) is 3.49. The molecule has 0 spiro atoms. The lowest BCUT2D eigenvalue weighted by Gasteiger charge is -2.18. The molecule has 3 aromatic carbocycles. The first-order valence-corrected chi connectivity index (χ1v) is 9.05. The number of benzene rings is 3. The molecule has 0 atom stereocenters. The van der Waals surface area contributed by atoms with Crippen molar-refractivity contribution in [3.05, 3.63) is 107 Å². The number of halogens is 1. The first-order valence-electron chi connectivity index (χ1n) is 9.05. The van der Waals surface area contributed by atoms with E-state index in [0.29, 0.717) is 17.2 Å². The van der Waals surface area contributed by atoms with Gasteiger partial charge in [-0.25, -0.2) is 9.38 Å². The normalized spacial score (nSPS) is 15.2. The maximum Gasteiger partial charge on any atom is 0.282 e. The number of aryl methyl sites for hydroxylation is 2. The lowest BCUT2D eigenvalue weighted by molar-refractivity contribution is -0.113. The SMILES string of the molecule is Cc1ccc(/C=C2/N=C(c3ccc(C)cc3)N(c3ccc(F)cc3)C2=O)cc1. The lowest BCUT2D eigenvalue weighted by Crippen LogP contribution is -2.32. The van der Waals surface area contributed by atoms with Gasteiger partial charge in [0.2, 0.25) is 0 Å². The number of carbonyl (C=O) groups is 1. The molecule has 0 aromatic heterocycles. The zero-order valence-corrected chi connectivity index (χ0v) is 15.7. The van der Waals surface area contributed by atoms with E-state index in [1.165, 1.54) is 17.0 Å². The molecule has 0 N–H and O–H groups in total. The van der Waals surface area contributed by atoms with Crippen LogP contribution in [0.3, 0.4) is 0 Å². The van der Waals surface area contributed by atoms with Crippen molar-refractivity contribution >= 4 is 23.5 Å². The van der Waals surface area contributed by atoms with Gasteiger partial charge in [-0.05, 0) is 49.8 Å². The fourth-order valence-corrected chi connectivity index (χ4v) is 3.06. The fourth-order valence-electron chi connectivity index (χ4n) is 3.06. The quantitative estimate of drug-likeness (QED) is 0.578. The number of anilines is 1. The maximum atomic E-state index is 13.4. The summed E-state index contributed by atoms with van der Waals surface area (Å²) in [7, 11) is 0. The van der Waals surface area contributed by atoms with Crippen LogP contribution in [0.2, 0.25) is 0 Å². The predicted molar refractivity (Wildman–Crippen MR) is 111 cm³/mol. The average molecular weight is 370 g/mol. The van der Waals surface area contributed by atoms with E-state index in [1.54, 1.807) is 18.2 Å². The highest BCUT2D eigenvalue weighted by molar-refractivity contribution is 6.33. The summed E-state index contributed by atoms with van der Waals surface area (Å²) in [5.74, 6) is -0.0441. The van der Waals surface area contributed by atoms with E-state index in [-0.39, 0.29) is 11.7 Å². The third-order valence-corrected chi connectivity index (χ3v) is 4.64. The second kappa shape index (κ2) is 7.24. The van der Waals surface area contributed by atoms with Gasteiger partial charge in [0, 0.05) is 5.56 Å². The number of carbonyl (C=O) groups excluding carboxylic acids is 1. The Kier molecular flexibility index (Phi) is 4.62. The highest BCUT2D eigenvalue weighted by Crippen LogP contribution is 2.28.